The summed E-state index contributed by atoms with van der Waals surface area (Å²) >= 11 is 0. The molecule has 0 unspecified atom stereocenters. The third kappa shape index (κ3) is 3.53. The van der Waals surface area contributed by atoms with Crippen LogP contribution in [-0.4, -0.2) is 65.6 Å². The number of carbonyl (C=O) groups excluding carboxylic acids is 1. The van der Waals surface area contributed by atoms with Gasteiger partial charge in [0.25, 0.3) is 0 Å². The monoisotopic (exact) mass is 364 g/mol. The molecule has 27 heavy (non-hydrogen) atoms. The number of methoxy groups -OCH3 is 1. The number of nitrogens with zero attached hydrogens (tertiary/aromatic N) is 4. The second-order valence-corrected chi connectivity index (χ2v) is 6.96. The fraction of sp³-hybridized carbons (Fsp3) is 0.333. The highest BCUT2D eigenvalue weighted by molar-refractivity contribution is 5.93. The van der Waals surface area contributed by atoms with Crippen molar-refractivity contribution in [3.63, 3.8) is 0 Å². The van der Waals surface area contributed by atoms with Crippen LogP contribution in [0.2, 0.25) is 0 Å². The maximum atomic E-state index is 12.8. The Balaban J connectivity index is 1.67. The molecule has 1 saturated heterocycles. The van der Waals surface area contributed by atoms with Crippen molar-refractivity contribution in [1.29, 1.82) is 0 Å². The Bertz CT molecular complexity index is 958. The van der Waals surface area contributed by atoms with E-state index >= 15 is 0 Å². The number of pyridine rings is 1. The lowest BCUT2D eigenvalue weighted by Gasteiger charge is -2.32. The number of hydrogen-bond donors (Lipinski definition) is 0. The van der Waals surface area contributed by atoms with Crippen LogP contribution in [0, 0.1) is 0 Å². The van der Waals surface area contributed by atoms with Gasteiger partial charge in [0.2, 0.25) is 5.91 Å². The van der Waals surface area contributed by atoms with Crippen molar-refractivity contribution < 1.29 is 9.53 Å². The highest BCUT2D eigenvalue weighted by atomic mass is 16.5. The first-order chi connectivity index (χ1) is 13.2. The predicted octanol–water partition coefficient (Wildman–Crippen LogP) is 2.49. The number of hydrogen-bond acceptors (Lipinski definition) is 4. The molecular formula is C21H24N4O2. The number of aromatic nitrogens is 2. The van der Waals surface area contributed by atoms with E-state index < -0.39 is 0 Å². The maximum absolute atomic E-state index is 12.8. The average molecular weight is 364 g/mol. The van der Waals surface area contributed by atoms with Gasteiger partial charge in [0.05, 0.1) is 18.3 Å². The Hall–Kier alpha value is -2.86. The molecule has 1 aliphatic rings. The van der Waals surface area contributed by atoms with E-state index in [2.05, 4.69) is 16.9 Å². The molecule has 1 aromatic carbocycles. The van der Waals surface area contributed by atoms with Crippen molar-refractivity contribution in [1.82, 2.24) is 19.4 Å². The van der Waals surface area contributed by atoms with Crippen LogP contribution >= 0.6 is 0 Å². The lowest BCUT2D eigenvalue weighted by molar-refractivity contribution is -0.133. The van der Waals surface area contributed by atoms with Crippen molar-refractivity contribution >= 4 is 16.8 Å². The molecule has 2 aromatic heterocycles. The summed E-state index contributed by atoms with van der Waals surface area (Å²) < 4.78 is 7.37. The van der Waals surface area contributed by atoms with Crippen LogP contribution in [0.4, 0.5) is 0 Å². The van der Waals surface area contributed by atoms with E-state index in [0.717, 1.165) is 54.1 Å². The molecule has 3 aromatic rings. The van der Waals surface area contributed by atoms with Crippen LogP contribution in [0.25, 0.3) is 22.2 Å². The molecule has 0 radical (unpaired) electrons. The SMILES string of the molecule is COc1cccc(-c2nccc3ccn(CC(=O)N4CCN(C)CC4)c23)c1. The van der Waals surface area contributed by atoms with Gasteiger partial charge in [-0.05, 0) is 31.3 Å². The number of piperazine rings is 1. The summed E-state index contributed by atoms with van der Waals surface area (Å²) in [4.78, 5) is 21.6. The zero-order chi connectivity index (χ0) is 18.8. The summed E-state index contributed by atoms with van der Waals surface area (Å²) in [5, 5.41) is 1.08. The molecule has 0 aliphatic carbocycles. The van der Waals surface area contributed by atoms with E-state index in [1.54, 1.807) is 7.11 Å². The summed E-state index contributed by atoms with van der Waals surface area (Å²) in [7, 11) is 3.75. The molecule has 0 atom stereocenters. The van der Waals surface area contributed by atoms with Gasteiger partial charge in [0, 0.05) is 49.5 Å². The summed E-state index contributed by atoms with van der Waals surface area (Å²) in [6.07, 6.45) is 3.79. The molecule has 1 amide bonds. The zero-order valence-electron chi connectivity index (χ0n) is 15.8. The molecule has 6 heteroatoms. The Morgan fingerprint density at radius 1 is 1.15 bits per heavy atom. The number of fused-ring (bicyclic) bond motifs is 1. The third-order valence-corrected chi connectivity index (χ3v) is 5.18. The van der Waals surface area contributed by atoms with Crippen molar-refractivity contribution in [3.05, 3.63) is 48.8 Å². The second-order valence-electron chi connectivity index (χ2n) is 6.96. The number of benzene rings is 1. The minimum Gasteiger partial charge on any atom is -0.497 e. The van der Waals surface area contributed by atoms with Gasteiger partial charge >= 0.3 is 0 Å². The van der Waals surface area contributed by atoms with Gasteiger partial charge < -0.3 is 19.1 Å². The average Bonchev–Trinajstić information content (AvgIpc) is 3.11. The third-order valence-electron chi connectivity index (χ3n) is 5.18. The van der Waals surface area contributed by atoms with Crippen LogP contribution in [0.15, 0.2) is 48.8 Å². The quantitative estimate of drug-likeness (QED) is 0.714. The van der Waals surface area contributed by atoms with Crippen LogP contribution in [0.1, 0.15) is 0 Å². The lowest BCUT2D eigenvalue weighted by Crippen LogP contribution is -2.48. The molecule has 140 valence electrons. The topological polar surface area (TPSA) is 50.6 Å². The van der Waals surface area contributed by atoms with Gasteiger partial charge in [-0.2, -0.15) is 0 Å². The Labute approximate surface area is 159 Å². The molecule has 0 saturated carbocycles. The Morgan fingerprint density at radius 2 is 1.96 bits per heavy atom. The Morgan fingerprint density at radius 3 is 2.74 bits per heavy atom. The first-order valence-corrected chi connectivity index (χ1v) is 9.20. The van der Waals surface area contributed by atoms with E-state index in [1.807, 2.05) is 58.3 Å². The summed E-state index contributed by atoms with van der Waals surface area (Å²) in [6.45, 7) is 3.75. The van der Waals surface area contributed by atoms with Gasteiger partial charge in [-0.1, -0.05) is 12.1 Å². The molecular weight excluding hydrogens is 340 g/mol. The molecule has 3 heterocycles. The summed E-state index contributed by atoms with van der Waals surface area (Å²) in [5.41, 5.74) is 2.82. The van der Waals surface area contributed by atoms with E-state index in [9.17, 15) is 4.79 Å². The standard InChI is InChI=1S/C21H24N4O2/c1-23-10-12-24(13-11-23)19(26)15-25-9-7-16-6-8-22-20(21(16)25)17-4-3-5-18(14-17)27-2/h3-9,14H,10-13,15H2,1-2H3. The van der Waals surface area contributed by atoms with Crippen molar-refractivity contribution in [2.45, 2.75) is 6.54 Å². The summed E-state index contributed by atoms with van der Waals surface area (Å²) in [6, 6.07) is 11.9. The normalized spacial score (nSPS) is 15.3. The van der Waals surface area contributed by atoms with Crippen molar-refractivity contribution in [2.75, 3.05) is 40.3 Å². The first-order valence-electron chi connectivity index (χ1n) is 9.20. The van der Waals surface area contributed by atoms with E-state index in [4.69, 9.17) is 4.74 Å². The van der Waals surface area contributed by atoms with Crippen LogP contribution in [-0.2, 0) is 11.3 Å². The van der Waals surface area contributed by atoms with Crippen LogP contribution < -0.4 is 4.74 Å². The molecule has 4 rings (SSSR count). The van der Waals surface area contributed by atoms with Gasteiger partial charge in [0.1, 0.15) is 12.3 Å². The first kappa shape index (κ1) is 17.5. The minimum absolute atomic E-state index is 0.154. The number of carbonyl (C=O) groups is 1. The van der Waals surface area contributed by atoms with E-state index in [1.165, 1.54) is 0 Å². The van der Waals surface area contributed by atoms with Gasteiger partial charge in [-0.15, -0.1) is 0 Å². The molecule has 1 fully saturated rings. The number of amides is 1. The minimum atomic E-state index is 0.154. The summed E-state index contributed by atoms with van der Waals surface area (Å²) in [5.74, 6) is 0.943. The van der Waals surface area contributed by atoms with Gasteiger partial charge in [-0.25, -0.2) is 0 Å². The molecule has 0 bridgehead atoms. The largest absolute Gasteiger partial charge is 0.497 e. The van der Waals surface area contributed by atoms with Crippen molar-refractivity contribution in [2.24, 2.45) is 0 Å². The fourth-order valence-corrected chi connectivity index (χ4v) is 3.57. The van der Waals surface area contributed by atoms with E-state index in [0.29, 0.717) is 6.54 Å². The second kappa shape index (κ2) is 7.40. The molecule has 0 N–H and O–H groups in total. The van der Waals surface area contributed by atoms with Crippen LogP contribution in [0.3, 0.4) is 0 Å². The Kier molecular flexibility index (Phi) is 4.81. The lowest BCUT2D eigenvalue weighted by atomic mass is 10.1. The molecule has 1 aliphatic heterocycles. The van der Waals surface area contributed by atoms with Crippen molar-refractivity contribution in [3.8, 4) is 17.0 Å². The number of likely N-dealkylation sites (N-methyl/N-ethyl adjacent to an activating group) is 1. The highest BCUT2D eigenvalue weighted by Gasteiger charge is 2.20. The number of ether oxygens (including phenoxy) is 1. The molecule has 0 spiro atoms. The van der Waals surface area contributed by atoms with Crippen LogP contribution in [0.5, 0.6) is 5.75 Å². The maximum Gasteiger partial charge on any atom is 0.242 e. The van der Waals surface area contributed by atoms with Gasteiger partial charge in [-0.3, -0.25) is 9.78 Å². The highest BCUT2D eigenvalue weighted by Crippen LogP contribution is 2.29. The predicted molar refractivity (Wildman–Crippen MR) is 106 cm³/mol. The molecule has 6 nitrogen and oxygen atoms in total. The smallest absolute Gasteiger partial charge is 0.242 e. The zero-order valence-corrected chi connectivity index (χ0v) is 15.8. The number of rotatable bonds is 4. The fourth-order valence-electron chi connectivity index (χ4n) is 3.57. The van der Waals surface area contributed by atoms with E-state index in [-0.39, 0.29) is 5.91 Å². The van der Waals surface area contributed by atoms with Gasteiger partial charge in [0.15, 0.2) is 0 Å².